The molecule has 0 unspecified atom stereocenters. The van der Waals surface area contributed by atoms with E-state index in [-0.39, 0.29) is 12.1 Å². The molecule has 1 aliphatic rings. The second kappa shape index (κ2) is 6.84. The number of imidazole rings is 1. The van der Waals surface area contributed by atoms with Crippen LogP contribution in [0.3, 0.4) is 0 Å². The molecule has 0 saturated carbocycles. The zero-order valence-corrected chi connectivity index (χ0v) is 16.8. The lowest BCUT2D eigenvalue weighted by Gasteiger charge is -2.16. The number of hydrogen-bond donors (Lipinski definition) is 0. The first-order valence-corrected chi connectivity index (χ1v) is 9.80. The maximum absolute atomic E-state index is 14.1. The van der Waals surface area contributed by atoms with Crippen molar-refractivity contribution >= 4 is 34.4 Å². The van der Waals surface area contributed by atoms with E-state index in [0.29, 0.717) is 35.2 Å². The third-order valence-electron chi connectivity index (χ3n) is 5.41. The summed E-state index contributed by atoms with van der Waals surface area (Å²) in [6, 6.07) is 13.5. The van der Waals surface area contributed by atoms with Gasteiger partial charge in [-0.2, -0.15) is 4.98 Å². The van der Waals surface area contributed by atoms with E-state index < -0.39 is 17.1 Å². The quantitative estimate of drug-likeness (QED) is 0.506. The molecule has 3 heterocycles. The molecule has 0 saturated heterocycles. The molecule has 0 radical (unpaired) electrons. The molecule has 0 spiro atoms. The number of aromatic nitrogens is 4. The number of fused-ring (bicyclic) bond motifs is 3. The van der Waals surface area contributed by atoms with E-state index in [1.165, 1.54) is 10.6 Å². The summed E-state index contributed by atoms with van der Waals surface area (Å²) in [6.07, 6.45) is 0. The summed E-state index contributed by atoms with van der Waals surface area (Å²) < 4.78 is 18.3. The smallest absolute Gasteiger partial charge is 0.310 e. The molecule has 7 nitrogen and oxygen atoms in total. The Kier molecular flexibility index (Phi) is 4.25. The van der Waals surface area contributed by atoms with Crippen LogP contribution >= 0.6 is 11.6 Å². The van der Waals surface area contributed by atoms with Crippen LogP contribution in [0.1, 0.15) is 5.56 Å². The maximum Gasteiger partial charge on any atom is 0.332 e. The average Bonchev–Trinajstić information content (AvgIpc) is 3.30. The first kappa shape index (κ1) is 18.6. The van der Waals surface area contributed by atoms with Gasteiger partial charge in [-0.15, -0.1) is 0 Å². The highest BCUT2D eigenvalue weighted by molar-refractivity contribution is 6.30. The average molecular weight is 426 g/mol. The number of rotatable bonds is 3. The second-order valence-electron chi connectivity index (χ2n) is 7.19. The molecule has 0 aliphatic carbocycles. The van der Waals surface area contributed by atoms with Gasteiger partial charge in [-0.05, 0) is 24.3 Å². The standard InChI is InChI=1S/C21H17ClFN5O2/c1-25-18-17(19(29)28(21(25)30)12-13-5-2-3-8-16(13)23)27-10-9-26(20(27)24-18)15-7-4-6-14(22)11-15/h2-8,11H,9-10,12H2,1H3. The Bertz CT molecular complexity index is 1420. The van der Waals surface area contributed by atoms with E-state index in [9.17, 15) is 14.0 Å². The summed E-state index contributed by atoms with van der Waals surface area (Å²) in [5, 5.41) is 0.599. The SMILES string of the molecule is Cn1c(=O)n(Cc2ccccc2F)c(=O)c2c1nc1n2CCN1c1cccc(Cl)c1. The first-order valence-electron chi connectivity index (χ1n) is 9.42. The number of halogens is 2. The third kappa shape index (κ3) is 2.75. The lowest BCUT2D eigenvalue weighted by atomic mass is 10.2. The van der Waals surface area contributed by atoms with Crippen molar-refractivity contribution < 1.29 is 4.39 Å². The number of hydrogen-bond acceptors (Lipinski definition) is 4. The van der Waals surface area contributed by atoms with Crippen molar-refractivity contribution in [2.24, 2.45) is 7.05 Å². The van der Waals surface area contributed by atoms with Gasteiger partial charge in [-0.3, -0.25) is 13.9 Å². The van der Waals surface area contributed by atoms with Crippen molar-refractivity contribution in [3.8, 4) is 0 Å². The zero-order chi connectivity index (χ0) is 21.0. The Morgan fingerprint density at radius 2 is 1.90 bits per heavy atom. The lowest BCUT2D eigenvalue weighted by Crippen LogP contribution is -2.40. The van der Waals surface area contributed by atoms with Crippen LogP contribution in [0.15, 0.2) is 58.1 Å². The molecule has 5 rings (SSSR count). The predicted molar refractivity (Wildman–Crippen MR) is 113 cm³/mol. The Balaban J connectivity index is 1.70. The maximum atomic E-state index is 14.1. The first-order chi connectivity index (χ1) is 14.5. The molecule has 30 heavy (non-hydrogen) atoms. The molecule has 9 heteroatoms. The van der Waals surface area contributed by atoms with Crippen molar-refractivity contribution in [1.82, 2.24) is 18.7 Å². The van der Waals surface area contributed by atoms with Gasteiger partial charge in [0.05, 0.1) is 6.54 Å². The van der Waals surface area contributed by atoms with Crippen LogP contribution in [0.25, 0.3) is 11.2 Å². The second-order valence-corrected chi connectivity index (χ2v) is 7.63. The highest BCUT2D eigenvalue weighted by atomic mass is 35.5. The van der Waals surface area contributed by atoms with Crippen LogP contribution in [0.5, 0.6) is 0 Å². The third-order valence-corrected chi connectivity index (χ3v) is 5.64. The molecule has 1 aliphatic heterocycles. The predicted octanol–water partition coefficient (Wildman–Crippen LogP) is 2.89. The Labute approximate surface area is 175 Å². The van der Waals surface area contributed by atoms with E-state index in [4.69, 9.17) is 11.6 Å². The molecule has 4 aromatic rings. The van der Waals surface area contributed by atoms with Gasteiger partial charge in [0.25, 0.3) is 5.56 Å². The molecule has 2 aromatic heterocycles. The molecule has 0 atom stereocenters. The van der Waals surface area contributed by atoms with Crippen molar-refractivity contribution in [3.63, 3.8) is 0 Å². The van der Waals surface area contributed by atoms with Gasteiger partial charge in [0.1, 0.15) is 5.82 Å². The van der Waals surface area contributed by atoms with E-state index in [1.54, 1.807) is 35.9 Å². The Hall–Kier alpha value is -3.39. The summed E-state index contributed by atoms with van der Waals surface area (Å²) in [4.78, 5) is 32.7. The molecule has 0 amide bonds. The summed E-state index contributed by atoms with van der Waals surface area (Å²) in [5.74, 6) is 0.111. The van der Waals surface area contributed by atoms with E-state index >= 15 is 0 Å². The van der Waals surface area contributed by atoms with Crippen molar-refractivity contribution in [1.29, 1.82) is 0 Å². The minimum absolute atomic E-state index is 0.146. The molecular formula is C21H17ClFN5O2. The highest BCUT2D eigenvalue weighted by Crippen LogP contribution is 2.32. The summed E-state index contributed by atoms with van der Waals surface area (Å²) in [6.45, 7) is 1.01. The summed E-state index contributed by atoms with van der Waals surface area (Å²) in [7, 11) is 1.56. The van der Waals surface area contributed by atoms with Gasteiger partial charge in [0.2, 0.25) is 5.95 Å². The zero-order valence-electron chi connectivity index (χ0n) is 16.0. The van der Waals surface area contributed by atoms with Crippen LogP contribution < -0.4 is 16.1 Å². The number of nitrogens with zero attached hydrogens (tertiary/aromatic N) is 5. The van der Waals surface area contributed by atoms with Crippen LogP contribution in [0, 0.1) is 5.82 Å². The number of aryl methyl sites for hydroxylation is 1. The molecular weight excluding hydrogens is 409 g/mol. The number of anilines is 2. The van der Waals surface area contributed by atoms with Gasteiger partial charge >= 0.3 is 5.69 Å². The molecule has 2 aromatic carbocycles. The van der Waals surface area contributed by atoms with Crippen LogP contribution in [0.2, 0.25) is 5.02 Å². The molecule has 0 fully saturated rings. The Morgan fingerprint density at radius 1 is 1.10 bits per heavy atom. The van der Waals surface area contributed by atoms with Crippen molar-refractivity contribution in [3.05, 3.63) is 85.8 Å². The van der Waals surface area contributed by atoms with E-state index in [1.807, 2.05) is 23.1 Å². The lowest BCUT2D eigenvalue weighted by molar-refractivity contribution is 0.582. The van der Waals surface area contributed by atoms with Crippen LogP contribution in [-0.4, -0.2) is 25.2 Å². The number of benzene rings is 2. The fourth-order valence-electron chi connectivity index (χ4n) is 3.90. The fraction of sp³-hybridized carbons (Fsp3) is 0.190. The fourth-order valence-corrected chi connectivity index (χ4v) is 4.09. The van der Waals surface area contributed by atoms with Gasteiger partial charge < -0.3 is 9.47 Å². The molecule has 0 bridgehead atoms. The minimum atomic E-state index is -0.540. The van der Waals surface area contributed by atoms with Crippen LogP contribution in [-0.2, 0) is 20.1 Å². The summed E-state index contributed by atoms with van der Waals surface area (Å²) >= 11 is 6.13. The topological polar surface area (TPSA) is 65.1 Å². The largest absolute Gasteiger partial charge is 0.332 e. The van der Waals surface area contributed by atoms with Gasteiger partial charge in [0, 0.05) is 36.4 Å². The normalized spacial score (nSPS) is 13.2. The highest BCUT2D eigenvalue weighted by Gasteiger charge is 2.29. The van der Waals surface area contributed by atoms with E-state index in [2.05, 4.69) is 4.98 Å². The van der Waals surface area contributed by atoms with Crippen molar-refractivity contribution in [2.75, 3.05) is 11.4 Å². The van der Waals surface area contributed by atoms with Crippen LogP contribution in [0.4, 0.5) is 16.0 Å². The van der Waals surface area contributed by atoms with E-state index in [0.717, 1.165) is 10.3 Å². The monoisotopic (exact) mass is 425 g/mol. The van der Waals surface area contributed by atoms with Gasteiger partial charge in [0.15, 0.2) is 11.2 Å². The molecule has 152 valence electrons. The Morgan fingerprint density at radius 3 is 2.67 bits per heavy atom. The van der Waals surface area contributed by atoms with Gasteiger partial charge in [-0.1, -0.05) is 35.9 Å². The van der Waals surface area contributed by atoms with Crippen molar-refractivity contribution in [2.45, 2.75) is 13.1 Å². The summed E-state index contributed by atoms with van der Waals surface area (Å²) in [5.41, 5.74) is 0.736. The minimum Gasteiger partial charge on any atom is -0.310 e. The van der Waals surface area contributed by atoms with Gasteiger partial charge in [-0.25, -0.2) is 9.18 Å². The molecule has 0 N–H and O–H groups in total.